The summed E-state index contributed by atoms with van der Waals surface area (Å²) in [5.41, 5.74) is 0. The molecule has 0 fully saturated rings. The van der Waals surface area contributed by atoms with Gasteiger partial charge in [0.1, 0.15) is 0 Å². The van der Waals surface area contributed by atoms with E-state index in [0.29, 0.717) is 0 Å². The molecule has 0 spiro atoms. The molecule has 0 amide bonds. The molecule has 0 bridgehead atoms. The second-order valence-corrected chi connectivity index (χ2v) is 13.3. The van der Waals surface area contributed by atoms with Crippen molar-refractivity contribution in [3.8, 4) is 0 Å². The van der Waals surface area contributed by atoms with Crippen molar-refractivity contribution in [2.75, 3.05) is 6.26 Å². The molecule has 1 unspecified atom stereocenters. The molecular weight excluding hydrogens is 199 g/mol. The molecule has 55 valence electrons. The van der Waals surface area contributed by atoms with Gasteiger partial charge >= 0.3 is 62.3 Å². The van der Waals surface area contributed by atoms with Crippen LogP contribution in [-0.2, 0) is 8.10 Å². The zero-order valence-electron chi connectivity index (χ0n) is 5.93. The van der Waals surface area contributed by atoms with Gasteiger partial charge in [0, 0.05) is 0 Å². The standard InChI is InChI=1S/C5H12AsO2S/c1-5(2,3)6-9(4,7)8/h6H,1H2,2-4H3. The van der Waals surface area contributed by atoms with E-state index in [-0.39, 0.29) is 4.20 Å². The summed E-state index contributed by atoms with van der Waals surface area (Å²) in [6, 6.07) is 0. The molecule has 0 aromatic heterocycles. The first-order chi connectivity index (χ1) is 3.71. The van der Waals surface area contributed by atoms with Crippen molar-refractivity contribution in [1.29, 1.82) is 0 Å². The Balaban J connectivity index is 4.07. The van der Waals surface area contributed by atoms with Crippen molar-refractivity contribution < 1.29 is 8.42 Å². The van der Waals surface area contributed by atoms with E-state index in [0.717, 1.165) is 0 Å². The van der Waals surface area contributed by atoms with Crippen LogP contribution in [0.5, 0.6) is 0 Å². The second-order valence-electron chi connectivity index (χ2n) is 2.76. The van der Waals surface area contributed by atoms with E-state index in [4.69, 9.17) is 0 Å². The Bertz CT molecular complexity index is 176. The molecule has 0 aromatic rings. The molecule has 1 radical (unpaired) electrons. The molecule has 2 nitrogen and oxygen atoms in total. The van der Waals surface area contributed by atoms with Crippen molar-refractivity contribution >= 4 is 22.7 Å². The van der Waals surface area contributed by atoms with E-state index >= 15 is 0 Å². The summed E-state index contributed by atoms with van der Waals surface area (Å²) in [4.78, 5) is 0. The van der Waals surface area contributed by atoms with E-state index in [1.807, 2.05) is 13.8 Å². The first-order valence-corrected chi connectivity index (χ1v) is 8.06. The molecule has 0 aliphatic heterocycles. The topological polar surface area (TPSA) is 34.1 Å². The van der Waals surface area contributed by atoms with Crippen LogP contribution in [0.2, 0.25) is 4.20 Å². The van der Waals surface area contributed by atoms with E-state index in [2.05, 4.69) is 6.92 Å². The molecule has 0 rings (SSSR count). The number of hydrogen-bond acceptors (Lipinski definition) is 2. The Morgan fingerprint density at radius 2 is 1.78 bits per heavy atom. The van der Waals surface area contributed by atoms with E-state index in [1.54, 1.807) is 0 Å². The predicted octanol–water partition coefficient (Wildman–Crippen LogP) is 0.415. The van der Waals surface area contributed by atoms with Crippen LogP contribution in [0, 0.1) is 6.92 Å². The van der Waals surface area contributed by atoms with Crippen molar-refractivity contribution in [1.82, 2.24) is 0 Å². The van der Waals surface area contributed by atoms with Crippen LogP contribution < -0.4 is 0 Å². The molecule has 0 heterocycles. The van der Waals surface area contributed by atoms with Crippen molar-refractivity contribution in [3.05, 3.63) is 6.92 Å². The summed E-state index contributed by atoms with van der Waals surface area (Å²) < 4.78 is 21.1. The summed E-state index contributed by atoms with van der Waals surface area (Å²) in [6.07, 6.45) is 1.28. The maximum absolute atomic E-state index is 10.7. The predicted molar refractivity (Wildman–Crippen MR) is 41.4 cm³/mol. The third-order valence-corrected chi connectivity index (χ3v) is 7.20. The fourth-order valence-corrected chi connectivity index (χ4v) is 7.82. The molecule has 1 atom stereocenters. The quantitative estimate of drug-likeness (QED) is 0.620. The van der Waals surface area contributed by atoms with Crippen LogP contribution in [0.3, 0.4) is 0 Å². The van der Waals surface area contributed by atoms with E-state index in [9.17, 15) is 8.42 Å². The SMILES string of the molecule is [CH2]C(C)(C)[AsH]S(C)(=O)=O. The van der Waals surface area contributed by atoms with Crippen LogP contribution in [0.15, 0.2) is 0 Å². The van der Waals surface area contributed by atoms with E-state index in [1.165, 1.54) is 6.26 Å². The normalized spacial score (nSPS) is 15.1. The Kier molecular flexibility index (Phi) is 2.78. The number of rotatable bonds is 2. The van der Waals surface area contributed by atoms with Crippen LogP contribution >= 0.6 is 0 Å². The molecule has 0 aliphatic carbocycles. The average Bonchev–Trinajstić information content (AvgIpc) is 1.14. The van der Waals surface area contributed by atoms with Crippen LogP contribution in [0.25, 0.3) is 0 Å². The van der Waals surface area contributed by atoms with Gasteiger partial charge in [-0.1, -0.05) is 0 Å². The molecular formula is C5H12AsO2S. The Morgan fingerprint density at radius 1 is 1.44 bits per heavy atom. The van der Waals surface area contributed by atoms with Crippen LogP contribution in [0.1, 0.15) is 13.8 Å². The third-order valence-electron chi connectivity index (χ3n) is 0.462. The monoisotopic (exact) mass is 211 g/mol. The third kappa shape index (κ3) is 8.51. The van der Waals surface area contributed by atoms with Crippen molar-refractivity contribution in [2.24, 2.45) is 0 Å². The van der Waals surface area contributed by atoms with E-state index < -0.39 is 22.7 Å². The van der Waals surface area contributed by atoms with Gasteiger partial charge in [0.25, 0.3) is 0 Å². The second kappa shape index (κ2) is 2.63. The minimum atomic E-state index is -2.72. The first-order valence-electron chi connectivity index (χ1n) is 2.55. The average molecular weight is 211 g/mol. The molecule has 0 saturated heterocycles. The number of hydrogen-bond donors (Lipinski definition) is 0. The van der Waals surface area contributed by atoms with Gasteiger partial charge in [0.15, 0.2) is 0 Å². The first kappa shape index (κ1) is 9.51. The van der Waals surface area contributed by atoms with Crippen molar-refractivity contribution in [2.45, 2.75) is 18.1 Å². The van der Waals surface area contributed by atoms with Gasteiger partial charge in [-0.25, -0.2) is 0 Å². The Morgan fingerprint density at radius 3 is 1.78 bits per heavy atom. The van der Waals surface area contributed by atoms with Crippen LogP contribution in [-0.4, -0.2) is 29.3 Å². The fraction of sp³-hybridized carbons (Fsp3) is 0.800. The summed E-state index contributed by atoms with van der Waals surface area (Å²) in [5, 5.41) is 0. The fourth-order valence-electron chi connectivity index (χ4n) is 0.502. The van der Waals surface area contributed by atoms with Gasteiger partial charge in [0.05, 0.1) is 0 Å². The van der Waals surface area contributed by atoms with Crippen LogP contribution in [0.4, 0.5) is 0 Å². The van der Waals surface area contributed by atoms with Gasteiger partial charge in [-0.15, -0.1) is 0 Å². The molecule has 0 N–H and O–H groups in total. The zero-order chi connectivity index (χ0) is 7.71. The molecule has 0 saturated carbocycles. The Labute approximate surface area is 62.6 Å². The van der Waals surface area contributed by atoms with Gasteiger partial charge in [0.2, 0.25) is 0 Å². The van der Waals surface area contributed by atoms with Crippen molar-refractivity contribution in [3.63, 3.8) is 0 Å². The van der Waals surface area contributed by atoms with Gasteiger partial charge in [-0.3, -0.25) is 0 Å². The van der Waals surface area contributed by atoms with Gasteiger partial charge in [-0.2, -0.15) is 0 Å². The van der Waals surface area contributed by atoms with Gasteiger partial charge < -0.3 is 0 Å². The summed E-state index contributed by atoms with van der Waals surface area (Å²) >= 11 is -0.931. The minimum absolute atomic E-state index is 0.229. The molecule has 0 aromatic carbocycles. The molecule has 4 heteroatoms. The molecule has 9 heavy (non-hydrogen) atoms. The summed E-state index contributed by atoms with van der Waals surface area (Å²) in [5.74, 6) is 0. The maximum atomic E-state index is 10.7. The van der Waals surface area contributed by atoms with Gasteiger partial charge in [-0.05, 0) is 0 Å². The summed E-state index contributed by atoms with van der Waals surface area (Å²) in [6.45, 7) is 7.44. The molecule has 0 aliphatic rings. The Hall–Kier alpha value is 0.508. The summed E-state index contributed by atoms with van der Waals surface area (Å²) in [7, 11) is -2.72. The zero-order valence-corrected chi connectivity index (χ0v) is 8.85.